The van der Waals surface area contributed by atoms with Crippen molar-refractivity contribution in [3.8, 4) is 0 Å². The van der Waals surface area contributed by atoms with Gasteiger partial charge in [0.05, 0.1) is 39.5 Å². The topological polar surface area (TPSA) is 92.8 Å². The molecule has 0 fully saturated rings. The number of rotatable bonds is 7. The molecule has 7 nitrogen and oxygen atoms in total. The van der Waals surface area contributed by atoms with E-state index in [0.717, 1.165) is 30.9 Å². The number of carbonyl (C=O) groups is 2. The number of hydrogen-bond acceptors (Lipinski definition) is 5. The standard InChI is InChI=1S/C24H20ClF3N2O5S/c1-15-6-9-19(10-7-15)36(33,34)30(18-5-3-4-17(13-18)24(26,27)28)14-22(31)29-21-12-16(23(32)35-2)8-11-20(21)25/h3-13H,14H2,1-2H3,(H,29,31). The smallest absolute Gasteiger partial charge is 0.416 e. The van der Waals surface area contributed by atoms with Crippen LogP contribution in [0.3, 0.4) is 0 Å². The molecule has 0 radical (unpaired) electrons. The lowest BCUT2D eigenvalue weighted by Gasteiger charge is -2.25. The van der Waals surface area contributed by atoms with E-state index < -0.39 is 40.2 Å². The predicted molar refractivity (Wildman–Crippen MR) is 129 cm³/mol. The lowest BCUT2D eigenvalue weighted by Crippen LogP contribution is -2.38. The molecule has 3 aromatic carbocycles. The second-order valence-corrected chi connectivity index (χ2v) is 9.88. The summed E-state index contributed by atoms with van der Waals surface area (Å²) >= 11 is 6.09. The number of aryl methyl sites for hydroxylation is 1. The minimum atomic E-state index is -4.74. The van der Waals surface area contributed by atoms with E-state index in [1.165, 1.54) is 42.5 Å². The Balaban J connectivity index is 2.01. The van der Waals surface area contributed by atoms with Gasteiger partial charge in [0, 0.05) is 0 Å². The number of nitrogens with zero attached hydrogens (tertiary/aromatic N) is 1. The SMILES string of the molecule is COC(=O)c1ccc(Cl)c(NC(=O)CN(c2cccc(C(F)(F)F)c2)S(=O)(=O)c2ccc(C)cc2)c1. The van der Waals surface area contributed by atoms with E-state index in [-0.39, 0.29) is 26.9 Å². The van der Waals surface area contributed by atoms with Crippen LogP contribution in [0.5, 0.6) is 0 Å². The molecule has 0 saturated carbocycles. The Morgan fingerprint density at radius 2 is 1.69 bits per heavy atom. The molecule has 190 valence electrons. The lowest BCUT2D eigenvalue weighted by molar-refractivity contribution is -0.137. The molecule has 0 aliphatic rings. The zero-order valence-electron chi connectivity index (χ0n) is 19.0. The number of esters is 1. The highest BCUT2D eigenvalue weighted by molar-refractivity contribution is 7.92. The fraction of sp³-hybridized carbons (Fsp3) is 0.167. The van der Waals surface area contributed by atoms with Crippen molar-refractivity contribution >= 4 is 44.9 Å². The second-order valence-electron chi connectivity index (χ2n) is 7.61. The first-order valence-electron chi connectivity index (χ1n) is 10.3. The molecule has 0 saturated heterocycles. The van der Waals surface area contributed by atoms with Crippen LogP contribution in [0.4, 0.5) is 24.5 Å². The van der Waals surface area contributed by atoms with Crippen LogP contribution >= 0.6 is 11.6 Å². The van der Waals surface area contributed by atoms with E-state index in [0.29, 0.717) is 10.4 Å². The van der Waals surface area contributed by atoms with Gasteiger partial charge in [0.1, 0.15) is 6.54 Å². The first-order chi connectivity index (χ1) is 16.8. The summed E-state index contributed by atoms with van der Waals surface area (Å²) in [6.45, 7) is 0.858. The van der Waals surface area contributed by atoms with Crippen molar-refractivity contribution in [1.29, 1.82) is 0 Å². The first kappa shape index (κ1) is 27.0. The average molecular weight is 541 g/mol. The van der Waals surface area contributed by atoms with Crippen molar-refractivity contribution in [3.63, 3.8) is 0 Å². The Morgan fingerprint density at radius 3 is 2.31 bits per heavy atom. The third kappa shape index (κ3) is 6.16. The number of carbonyl (C=O) groups excluding carboxylic acids is 2. The molecule has 0 bridgehead atoms. The Bertz CT molecular complexity index is 1390. The van der Waals surface area contributed by atoms with Gasteiger partial charge < -0.3 is 10.1 Å². The number of ether oxygens (including phenoxy) is 1. The zero-order chi connectivity index (χ0) is 26.7. The van der Waals surface area contributed by atoms with Gasteiger partial charge in [-0.2, -0.15) is 13.2 Å². The summed E-state index contributed by atoms with van der Waals surface area (Å²) in [5.74, 6) is -1.61. The Kier molecular flexibility index (Phi) is 7.95. The number of nitrogens with one attached hydrogen (secondary N) is 1. The number of benzene rings is 3. The van der Waals surface area contributed by atoms with E-state index >= 15 is 0 Å². The van der Waals surface area contributed by atoms with Gasteiger partial charge in [0.2, 0.25) is 5.91 Å². The van der Waals surface area contributed by atoms with Gasteiger partial charge in [-0.1, -0.05) is 35.4 Å². The molecular formula is C24H20ClF3N2O5S. The van der Waals surface area contributed by atoms with Gasteiger partial charge in [-0.3, -0.25) is 9.10 Å². The number of amides is 1. The number of hydrogen-bond donors (Lipinski definition) is 1. The lowest BCUT2D eigenvalue weighted by atomic mass is 10.2. The highest BCUT2D eigenvalue weighted by Gasteiger charge is 2.33. The van der Waals surface area contributed by atoms with E-state index in [9.17, 15) is 31.2 Å². The van der Waals surface area contributed by atoms with Crippen LogP contribution in [0.1, 0.15) is 21.5 Å². The number of sulfonamides is 1. The highest BCUT2D eigenvalue weighted by atomic mass is 35.5. The maximum Gasteiger partial charge on any atom is 0.416 e. The number of alkyl halides is 3. The maximum absolute atomic E-state index is 13.4. The third-order valence-corrected chi connectivity index (χ3v) is 7.14. The van der Waals surface area contributed by atoms with Gasteiger partial charge in [-0.05, 0) is 55.5 Å². The van der Waals surface area contributed by atoms with E-state index in [4.69, 9.17) is 11.6 Å². The first-order valence-corrected chi connectivity index (χ1v) is 12.1. The van der Waals surface area contributed by atoms with Gasteiger partial charge in [-0.25, -0.2) is 13.2 Å². The zero-order valence-corrected chi connectivity index (χ0v) is 20.5. The van der Waals surface area contributed by atoms with E-state index in [1.54, 1.807) is 6.92 Å². The van der Waals surface area contributed by atoms with Crippen LogP contribution in [-0.2, 0) is 25.7 Å². The molecule has 0 aromatic heterocycles. The molecule has 0 heterocycles. The minimum absolute atomic E-state index is 0.0127. The molecular weight excluding hydrogens is 521 g/mol. The summed E-state index contributed by atoms with van der Waals surface area (Å²) in [4.78, 5) is 24.5. The largest absolute Gasteiger partial charge is 0.465 e. The van der Waals surface area contributed by atoms with Crippen molar-refractivity contribution in [2.75, 3.05) is 23.3 Å². The van der Waals surface area contributed by atoms with Gasteiger partial charge in [0.15, 0.2) is 0 Å². The third-order valence-electron chi connectivity index (χ3n) is 5.02. The van der Waals surface area contributed by atoms with Crippen LogP contribution in [0, 0.1) is 6.92 Å². The van der Waals surface area contributed by atoms with Crippen LogP contribution < -0.4 is 9.62 Å². The number of methoxy groups -OCH3 is 1. The summed E-state index contributed by atoms with van der Waals surface area (Å²) in [6, 6.07) is 13.2. The summed E-state index contributed by atoms with van der Waals surface area (Å²) < 4.78 is 72.0. The molecule has 0 aliphatic heterocycles. The number of halogens is 4. The Labute approximate surface area is 210 Å². The second kappa shape index (κ2) is 10.6. The van der Waals surface area contributed by atoms with Crippen molar-refractivity contribution in [2.24, 2.45) is 0 Å². The van der Waals surface area contributed by atoms with E-state index in [1.807, 2.05) is 0 Å². The van der Waals surface area contributed by atoms with Crippen molar-refractivity contribution in [3.05, 3.63) is 88.4 Å². The number of anilines is 2. The van der Waals surface area contributed by atoms with Crippen molar-refractivity contribution in [2.45, 2.75) is 18.0 Å². The molecule has 1 N–H and O–H groups in total. The van der Waals surface area contributed by atoms with Gasteiger partial charge in [-0.15, -0.1) is 0 Å². The molecule has 0 unspecified atom stereocenters. The summed E-state index contributed by atoms with van der Waals surface area (Å²) in [5, 5.41) is 2.44. The summed E-state index contributed by atoms with van der Waals surface area (Å²) in [5.41, 5.74) is -0.633. The van der Waals surface area contributed by atoms with Crippen LogP contribution in [-0.4, -0.2) is 33.9 Å². The van der Waals surface area contributed by atoms with Crippen molar-refractivity contribution in [1.82, 2.24) is 0 Å². The molecule has 12 heteroatoms. The summed E-state index contributed by atoms with van der Waals surface area (Å²) in [6.07, 6.45) is -4.74. The van der Waals surface area contributed by atoms with Crippen LogP contribution in [0.2, 0.25) is 5.02 Å². The molecule has 36 heavy (non-hydrogen) atoms. The van der Waals surface area contributed by atoms with Crippen molar-refractivity contribution < 1.29 is 35.9 Å². The fourth-order valence-corrected chi connectivity index (χ4v) is 4.75. The summed E-state index contributed by atoms with van der Waals surface area (Å²) in [7, 11) is -3.29. The monoisotopic (exact) mass is 540 g/mol. The van der Waals surface area contributed by atoms with Gasteiger partial charge >= 0.3 is 12.1 Å². The quantitative estimate of drug-likeness (QED) is 0.411. The molecule has 3 aromatic rings. The Morgan fingerprint density at radius 1 is 1.03 bits per heavy atom. The van der Waals surface area contributed by atoms with Crippen LogP contribution in [0.15, 0.2) is 71.6 Å². The van der Waals surface area contributed by atoms with Crippen LogP contribution in [0.25, 0.3) is 0 Å². The fourth-order valence-electron chi connectivity index (χ4n) is 3.18. The van der Waals surface area contributed by atoms with E-state index in [2.05, 4.69) is 10.1 Å². The molecule has 0 spiro atoms. The minimum Gasteiger partial charge on any atom is -0.465 e. The van der Waals surface area contributed by atoms with Gasteiger partial charge in [0.25, 0.3) is 10.0 Å². The normalized spacial score (nSPS) is 11.6. The predicted octanol–water partition coefficient (Wildman–Crippen LogP) is 5.29. The maximum atomic E-state index is 13.4. The Hall–Kier alpha value is -3.57. The molecule has 3 rings (SSSR count). The molecule has 0 atom stereocenters. The highest BCUT2D eigenvalue weighted by Crippen LogP contribution is 2.33. The molecule has 1 amide bonds. The average Bonchev–Trinajstić information content (AvgIpc) is 2.83. The molecule has 0 aliphatic carbocycles.